The summed E-state index contributed by atoms with van der Waals surface area (Å²) in [4.78, 5) is 15.8. The maximum atomic E-state index is 13.4. The number of hydrogen-bond donors (Lipinski definition) is 2. The first-order valence-electron chi connectivity index (χ1n) is 16.4. The average Bonchev–Trinajstić information content (AvgIpc) is 3.15. The monoisotopic (exact) mass is 656 g/mol. The smallest absolute Gasteiger partial charge is 0.264 e. The van der Waals surface area contributed by atoms with Crippen LogP contribution in [0.3, 0.4) is 0 Å². The highest BCUT2D eigenvalue weighted by atomic mass is 35.5. The van der Waals surface area contributed by atoms with E-state index in [1.807, 2.05) is 25.1 Å². The van der Waals surface area contributed by atoms with Gasteiger partial charge in [-0.05, 0) is 111 Å². The number of aliphatic hydroxyl groups is 1. The maximum Gasteiger partial charge on any atom is 0.264 e. The number of benzene rings is 2. The molecule has 0 radical (unpaired) electrons. The number of sulfonamides is 1. The Kier molecular flexibility index (Phi) is 9.53. The van der Waals surface area contributed by atoms with Crippen molar-refractivity contribution in [2.45, 2.75) is 75.6 Å². The van der Waals surface area contributed by atoms with E-state index in [1.54, 1.807) is 19.1 Å². The number of aliphatic hydroxyl groups excluding tert-OH is 1. The molecule has 1 saturated carbocycles. The van der Waals surface area contributed by atoms with Gasteiger partial charge in [-0.3, -0.25) is 4.79 Å². The molecule has 2 N–H and O–H groups in total. The molecule has 2 aliphatic carbocycles. The van der Waals surface area contributed by atoms with Crippen molar-refractivity contribution in [3.63, 3.8) is 0 Å². The largest absolute Gasteiger partial charge is 0.490 e. The van der Waals surface area contributed by atoms with Gasteiger partial charge in [0.25, 0.3) is 5.91 Å². The van der Waals surface area contributed by atoms with Crippen molar-refractivity contribution in [2.24, 2.45) is 17.8 Å². The summed E-state index contributed by atoms with van der Waals surface area (Å²) >= 11 is 6.42. The third-order valence-electron chi connectivity index (χ3n) is 10.6. The van der Waals surface area contributed by atoms with Gasteiger partial charge in [0.1, 0.15) is 5.75 Å². The summed E-state index contributed by atoms with van der Waals surface area (Å²) in [5, 5.41) is 9.37. The van der Waals surface area contributed by atoms with E-state index in [9.17, 15) is 18.3 Å². The topological polar surface area (TPSA) is 105 Å². The molecule has 0 aromatic heterocycles. The lowest BCUT2D eigenvalue weighted by Gasteiger charge is -2.46. The maximum absolute atomic E-state index is 13.4. The van der Waals surface area contributed by atoms with Gasteiger partial charge in [0.15, 0.2) is 0 Å². The number of ether oxygens (including phenoxy) is 2. The van der Waals surface area contributed by atoms with E-state index in [2.05, 4.69) is 27.8 Å². The Hall–Kier alpha value is -2.59. The van der Waals surface area contributed by atoms with Crippen molar-refractivity contribution < 1.29 is 27.8 Å². The normalized spacial score (nSPS) is 31.9. The Bertz CT molecular complexity index is 1550. The summed E-state index contributed by atoms with van der Waals surface area (Å²) in [5.41, 5.74) is 3.37. The number of aryl methyl sites for hydroxylation is 1. The molecule has 10 heteroatoms. The van der Waals surface area contributed by atoms with Crippen molar-refractivity contribution in [1.29, 1.82) is 0 Å². The number of nitrogens with zero attached hydrogens (tertiary/aromatic N) is 1. The second kappa shape index (κ2) is 13.3. The van der Waals surface area contributed by atoms with Crippen LogP contribution in [0.25, 0.3) is 0 Å². The Balaban J connectivity index is 1.41. The van der Waals surface area contributed by atoms with Crippen LogP contribution in [0.15, 0.2) is 48.6 Å². The number of fused-ring (bicyclic) bond motifs is 4. The number of nitrogens with one attached hydrogen (secondary N) is 1. The first-order valence-corrected chi connectivity index (χ1v) is 18.3. The highest BCUT2D eigenvalue weighted by molar-refractivity contribution is 7.90. The summed E-state index contributed by atoms with van der Waals surface area (Å²) in [7, 11) is -3.92. The van der Waals surface area contributed by atoms with Gasteiger partial charge in [-0.1, -0.05) is 36.7 Å². The molecule has 0 saturated heterocycles. The zero-order chi connectivity index (χ0) is 31.8. The summed E-state index contributed by atoms with van der Waals surface area (Å²) in [6.07, 6.45) is 10.2. The number of hydrogen-bond acceptors (Lipinski definition) is 7. The molecule has 6 rings (SSSR count). The van der Waals surface area contributed by atoms with Gasteiger partial charge in [0.2, 0.25) is 10.0 Å². The van der Waals surface area contributed by atoms with Gasteiger partial charge < -0.3 is 19.5 Å². The predicted molar refractivity (Wildman–Crippen MR) is 177 cm³/mol. The molecule has 2 heterocycles. The molecule has 244 valence electrons. The number of halogens is 1. The predicted octanol–water partition coefficient (Wildman–Crippen LogP) is 5.65. The van der Waals surface area contributed by atoms with Crippen LogP contribution in [-0.2, 0) is 26.6 Å². The molecule has 2 aliphatic heterocycles. The van der Waals surface area contributed by atoms with Crippen molar-refractivity contribution in [1.82, 2.24) is 4.72 Å². The van der Waals surface area contributed by atoms with E-state index in [0.717, 1.165) is 49.4 Å². The summed E-state index contributed by atoms with van der Waals surface area (Å²) in [5.74, 6) is 0.496. The number of amides is 1. The van der Waals surface area contributed by atoms with Crippen molar-refractivity contribution >= 4 is 33.2 Å². The van der Waals surface area contributed by atoms with E-state index >= 15 is 0 Å². The minimum atomic E-state index is -3.92. The van der Waals surface area contributed by atoms with Gasteiger partial charge in [-0.2, -0.15) is 0 Å². The molecule has 8 nitrogen and oxygen atoms in total. The Morgan fingerprint density at radius 2 is 2.02 bits per heavy atom. The molecule has 45 heavy (non-hydrogen) atoms. The third-order valence-corrected chi connectivity index (χ3v) is 12.8. The lowest BCUT2D eigenvalue weighted by molar-refractivity contribution is -0.0180. The zero-order valence-electron chi connectivity index (χ0n) is 26.2. The third kappa shape index (κ3) is 6.64. The molecule has 1 amide bonds. The molecular formula is C35H45ClN2O6S. The van der Waals surface area contributed by atoms with Gasteiger partial charge >= 0.3 is 0 Å². The lowest BCUT2D eigenvalue weighted by atomic mass is 9.68. The SMILES string of the molecule is C[C@@H]1[C@@H](C)C/C=C\[C@H](OCCCO)[C@@H]2CC[C@H]2CN2C[C@@]3(CCCc4cc(Cl)ccc43)COc3ccc(cc32)C(=O)NS1(=O)=O. The van der Waals surface area contributed by atoms with Crippen molar-refractivity contribution in [3.8, 4) is 5.75 Å². The minimum Gasteiger partial charge on any atom is -0.490 e. The minimum absolute atomic E-state index is 0.0737. The molecule has 1 spiro atoms. The average molecular weight is 657 g/mol. The van der Waals surface area contributed by atoms with E-state index in [1.165, 1.54) is 11.1 Å². The van der Waals surface area contributed by atoms with Crippen LogP contribution in [0.5, 0.6) is 5.75 Å². The van der Waals surface area contributed by atoms with E-state index in [0.29, 0.717) is 49.8 Å². The summed E-state index contributed by atoms with van der Waals surface area (Å²) < 4.78 is 41.9. The molecule has 1 fully saturated rings. The molecular weight excluding hydrogens is 612 g/mol. The molecule has 4 aliphatic rings. The van der Waals surface area contributed by atoms with Crippen LogP contribution in [-0.4, -0.2) is 63.7 Å². The zero-order valence-corrected chi connectivity index (χ0v) is 27.8. The van der Waals surface area contributed by atoms with Crippen LogP contribution in [0.1, 0.15) is 73.9 Å². The fraction of sp³-hybridized carbons (Fsp3) is 0.571. The van der Waals surface area contributed by atoms with Crippen LogP contribution in [0.2, 0.25) is 5.02 Å². The standard InChI is InChI=1S/C35H45ClN2O6S/c1-23-6-3-8-32(43-17-5-16-39)29-12-9-27(29)20-38-21-35(15-4-7-25-18-28(36)11-13-30(25)35)22-44-33-14-10-26(19-31(33)38)34(40)37-45(41,42)24(23)2/h3,8,10-11,13-14,18-19,23-24,27,29,32,39H,4-7,9,12,15-17,20-22H2,1-2H3,(H,37,40)/b8-3-/t23-,24+,27-,29+,32-,35-/m0/s1. The number of anilines is 1. The molecule has 2 bridgehead atoms. The Labute approximate surface area is 272 Å². The lowest BCUT2D eigenvalue weighted by Crippen LogP contribution is -2.49. The second-order valence-corrected chi connectivity index (χ2v) is 16.0. The number of allylic oxidation sites excluding steroid dienone is 1. The number of carbonyl (C=O) groups is 1. The van der Waals surface area contributed by atoms with Crippen LogP contribution < -0.4 is 14.4 Å². The van der Waals surface area contributed by atoms with Crippen molar-refractivity contribution in [3.05, 3.63) is 70.3 Å². The molecule has 6 atom stereocenters. The fourth-order valence-corrected chi connectivity index (χ4v) is 9.08. The van der Waals surface area contributed by atoms with Crippen LogP contribution >= 0.6 is 11.6 Å². The van der Waals surface area contributed by atoms with Gasteiger partial charge in [0, 0.05) is 42.3 Å². The Morgan fingerprint density at radius 3 is 2.80 bits per heavy atom. The molecule has 2 aromatic carbocycles. The van der Waals surface area contributed by atoms with E-state index in [-0.39, 0.29) is 30.0 Å². The highest BCUT2D eigenvalue weighted by Gasteiger charge is 2.44. The number of carbonyl (C=O) groups excluding carboxylic acids is 1. The van der Waals surface area contributed by atoms with E-state index < -0.39 is 21.2 Å². The van der Waals surface area contributed by atoms with Gasteiger partial charge in [-0.15, -0.1) is 0 Å². The first kappa shape index (κ1) is 32.4. The fourth-order valence-electron chi connectivity index (χ4n) is 7.60. The summed E-state index contributed by atoms with van der Waals surface area (Å²) in [6, 6.07) is 11.5. The molecule has 2 aromatic rings. The first-order chi connectivity index (χ1) is 21.6. The Morgan fingerprint density at radius 1 is 1.18 bits per heavy atom. The molecule has 0 unspecified atom stereocenters. The quantitative estimate of drug-likeness (QED) is 0.324. The van der Waals surface area contributed by atoms with Crippen LogP contribution in [0.4, 0.5) is 5.69 Å². The van der Waals surface area contributed by atoms with E-state index in [4.69, 9.17) is 21.1 Å². The highest BCUT2D eigenvalue weighted by Crippen LogP contribution is 2.47. The van der Waals surface area contributed by atoms with Gasteiger partial charge in [0.05, 0.1) is 23.6 Å². The van der Waals surface area contributed by atoms with Crippen molar-refractivity contribution in [2.75, 3.05) is 37.8 Å². The number of rotatable bonds is 4. The van der Waals surface area contributed by atoms with Crippen LogP contribution in [0, 0.1) is 17.8 Å². The summed E-state index contributed by atoms with van der Waals surface area (Å²) in [6.45, 7) is 6.05. The van der Waals surface area contributed by atoms with Gasteiger partial charge in [-0.25, -0.2) is 13.1 Å². The second-order valence-electron chi connectivity index (χ2n) is 13.5.